The third-order valence-corrected chi connectivity index (χ3v) is 3.70. The lowest BCUT2D eigenvalue weighted by Gasteiger charge is -2.22. The summed E-state index contributed by atoms with van der Waals surface area (Å²) in [6.45, 7) is 6.84. The van der Waals surface area contributed by atoms with Gasteiger partial charge in [-0.1, -0.05) is 30.3 Å². The third kappa shape index (κ3) is 4.27. The van der Waals surface area contributed by atoms with E-state index < -0.39 is 0 Å². The van der Waals surface area contributed by atoms with Crippen molar-refractivity contribution in [2.24, 2.45) is 0 Å². The van der Waals surface area contributed by atoms with E-state index in [1.807, 2.05) is 68.4 Å². The smallest absolute Gasteiger partial charge is 0.249 e. The normalized spacial score (nSPS) is 10.6. The second kappa shape index (κ2) is 8.29. The molecule has 0 bridgehead atoms. The van der Waals surface area contributed by atoms with Crippen LogP contribution in [-0.4, -0.2) is 27.8 Å². The molecule has 0 saturated heterocycles. The summed E-state index contributed by atoms with van der Waals surface area (Å²) in [6.07, 6.45) is 1.75. The number of anilines is 4. The zero-order chi connectivity index (χ0) is 18.4. The minimum absolute atomic E-state index is 0.0805. The topological polar surface area (TPSA) is 63.2 Å². The molecular formula is C20H23N5O. The van der Waals surface area contributed by atoms with E-state index in [2.05, 4.69) is 32.3 Å². The van der Waals surface area contributed by atoms with Gasteiger partial charge in [0.05, 0.1) is 18.0 Å². The van der Waals surface area contributed by atoms with Crippen LogP contribution in [0.2, 0.25) is 0 Å². The highest BCUT2D eigenvalue weighted by atomic mass is 16.5. The van der Waals surface area contributed by atoms with E-state index in [9.17, 15) is 0 Å². The summed E-state index contributed by atoms with van der Waals surface area (Å²) in [6, 6.07) is 17.8. The molecular weight excluding hydrogens is 326 g/mol. The Kier molecular flexibility index (Phi) is 5.63. The van der Waals surface area contributed by atoms with Crippen LogP contribution in [0, 0.1) is 0 Å². The predicted octanol–water partition coefficient (Wildman–Crippen LogP) is 4.56. The molecule has 0 fully saturated rings. The first-order chi connectivity index (χ1) is 12.7. The Balaban J connectivity index is 1.86. The Morgan fingerprint density at radius 2 is 1.77 bits per heavy atom. The Morgan fingerprint density at radius 3 is 2.50 bits per heavy atom. The van der Waals surface area contributed by atoms with Crippen molar-refractivity contribution >= 4 is 23.1 Å². The highest BCUT2D eigenvalue weighted by Crippen LogP contribution is 2.28. The fourth-order valence-electron chi connectivity index (χ4n) is 2.61. The number of para-hydroxylation sites is 3. The number of nitrogens with one attached hydrogen (secondary N) is 1. The molecule has 0 aliphatic rings. The Hall–Kier alpha value is -3.15. The number of hydrogen-bond donors (Lipinski definition) is 1. The molecule has 2 aromatic carbocycles. The zero-order valence-corrected chi connectivity index (χ0v) is 15.3. The van der Waals surface area contributed by atoms with Crippen LogP contribution >= 0.6 is 0 Å². The van der Waals surface area contributed by atoms with Crippen molar-refractivity contribution in [3.05, 3.63) is 60.8 Å². The molecule has 0 aliphatic heterocycles. The highest BCUT2D eigenvalue weighted by Gasteiger charge is 2.12. The predicted molar refractivity (Wildman–Crippen MR) is 104 cm³/mol. The molecule has 134 valence electrons. The number of nitrogens with zero attached hydrogens (tertiary/aromatic N) is 4. The van der Waals surface area contributed by atoms with Crippen molar-refractivity contribution in [2.75, 3.05) is 16.8 Å². The molecule has 0 amide bonds. The first-order valence-corrected chi connectivity index (χ1v) is 8.72. The van der Waals surface area contributed by atoms with Gasteiger partial charge in [-0.2, -0.15) is 10.1 Å². The maximum Gasteiger partial charge on any atom is 0.249 e. The first kappa shape index (κ1) is 17.7. The molecule has 1 aromatic heterocycles. The van der Waals surface area contributed by atoms with Crippen molar-refractivity contribution in [3.8, 4) is 5.75 Å². The molecule has 3 aromatic rings. The number of ether oxygens (including phenoxy) is 1. The average molecular weight is 349 g/mol. The van der Waals surface area contributed by atoms with Gasteiger partial charge in [-0.3, -0.25) is 0 Å². The quantitative estimate of drug-likeness (QED) is 0.674. The average Bonchev–Trinajstić information content (AvgIpc) is 2.65. The third-order valence-electron chi connectivity index (χ3n) is 3.70. The molecule has 0 unspecified atom stereocenters. The molecule has 0 radical (unpaired) electrons. The van der Waals surface area contributed by atoms with E-state index in [0.29, 0.717) is 5.95 Å². The molecule has 1 heterocycles. The van der Waals surface area contributed by atoms with Gasteiger partial charge in [0.25, 0.3) is 0 Å². The summed E-state index contributed by atoms with van der Waals surface area (Å²) >= 11 is 0. The number of aromatic nitrogens is 3. The van der Waals surface area contributed by atoms with Crippen LogP contribution in [0.25, 0.3) is 0 Å². The molecule has 1 N–H and O–H groups in total. The van der Waals surface area contributed by atoms with E-state index in [1.54, 1.807) is 6.20 Å². The second-order valence-corrected chi connectivity index (χ2v) is 6.01. The summed E-state index contributed by atoms with van der Waals surface area (Å²) in [5.74, 6) is 1.92. The highest BCUT2D eigenvalue weighted by molar-refractivity contribution is 5.64. The van der Waals surface area contributed by atoms with Gasteiger partial charge in [0, 0.05) is 12.2 Å². The van der Waals surface area contributed by atoms with Crippen LogP contribution in [0.4, 0.5) is 23.1 Å². The van der Waals surface area contributed by atoms with Gasteiger partial charge in [0.15, 0.2) is 5.82 Å². The summed E-state index contributed by atoms with van der Waals surface area (Å²) < 4.78 is 5.84. The number of rotatable bonds is 7. The fraction of sp³-hybridized carbons (Fsp3) is 0.250. The van der Waals surface area contributed by atoms with Crippen molar-refractivity contribution < 1.29 is 4.74 Å². The van der Waals surface area contributed by atoms with E-state index in [0.717, 1.165) is 29.5 Å². The minimum atomic E-state index is 0.0805. The van der Waals surface area contributed by atoms with Crippen LogP contribution in [-0.2, 0) is 0 Å². The van der Waals surface area contributed by atoms with Gasteiger partial charge in [0.2, 0.25) is 5.95 Å². The van der Waals surface area contributed by atoms with E-state index >= 15 is 0 Å². The SMILES string of the molecule is CCN(c1ccccc1)c1cnnc(Nc2ccccc2OC(C)C)n1. The van der Waals surface area contributed by atoms with Gasteiger partial charge in [-0.25, -0.2) is 0 Å². The molecule has 0 spiro atoms. The second-order valence-electron chi connectivity index (χ2n) is 6.01. The Morgan fingerprint density at radius 1 is 1.04 bits per heavy atom. The molecule has 26 heavy (non-hydrogen) atoms. The summed E-state index contributed by atoms with van der Waals surface area (Å²) in [5, 5.41) is 11.4. The van der Waals surface area contributed by atoms with E-state index in [1.165, 1.54) is 0 Å². The summed E-state index contributed by atoms with van der Waals surface area (Å²) in [5.41, 5.74) is 1.87. The maximum atomic E-state index is 5.84. The molecule has 3 rings (SSSR count). The van der Waals surface area contributed by atoms with Crippen LogP contribution in [0.15, 0.2) is 60.8 Å². The molecule has 6 nitrogen and oxygen atoms in total. The van der Waals surface area contributed by atoms with Gasteiger partial charge in [0.1, 0.15) is 5.75 Å². The van der Waals surface area contributed by atoms with Gasteiger partial charge < -0.3 is 15.0 Å². The summed E-state index contributed by atoms with van der Waals surface area (Å²) in [7, 11) is 0. The van der Waals surface area contributed by atoms with Crippen molar-refractivity contribution in [2.45, 2.75) is 26.9 Å². The van der Waals surface area contributed by atoms with E-state index in [-0.39, 0.29) is 6.10 Å². The van der Waals surface area contributed by atoms with Crippen LogP contribution < -0.4 is 15.0 Å². The van der Waals surface area contributed by atoms with Gasteiger partial charge >= 0.3 is 0 Å². The Bertz CT molecular complexity index is 838. The fourth-order valence-corrected chi connectivity index (χ4v) is 2.61. The molecule has 0 atom stereocenters. The lowest BCUT2D eigenvalue weighted by atomic mass is 10.3. The minimum Gasteiger partial charge on any atom is -0.489 e. The monoisotopic (exact) mass is 349 g/mol. The van der Waals surface area contributed by atoms with Crippen LogP contribution in [0.1, 0.15) is 20.8 Å². The largest absolute Gasteiger partial charge is 0.489 e. The lowest BCUT2D eigenvalue weighted by molar-refractivity contribution is 0.244. The standard InChI is InChI=1S/C20H23N5O/c1-4-25(16-10-6-5-7-11-16)19-14-21-24-20(23-19)22-17-12-8-9-13-18(17)26-15(2)3/h5-15H,4H2,1-3H3,(H,22,23,24). The number of benzene rings is 2. The molecule has 0 saturated carbocycles. The summed E-state index contributed by atoms with van der Waals surface area (Å²) in [4.78, 5) is 6.70. The maximum absolute atomic E-state index is 5.84. The Labute approximate surface area is 153 Å². The molecule has 6 heteroatoms. The zero-order valence-electron chi connectivity index (χ0n) is 15.3. The first-order valence-electron chi connectivity index (χ1n) is 8.72. The van der Waals surface area contributed by atoms with Crippen molar-refractivity contribution in [1.29, 1.82) is 0 Å². The van der Waals surface area contributed by atoms with Crippen molar-refractivity contribution in [3.63, 3.8) is 0 Å². The number of hydrogen-bond acceptors (Lipinski definition) is 6. The van der Waals surface area contributed by atoms with Gasteiger partial charge in [-0.15, -0.1) is 5.10 Å². The van der Waals surface area contributed by atoms with Crippen LogP contribution in [0.3, 0.4) is 0 Å². The molecule has 0 aliphatic carbocycles. The van der Waals surface area contributed by atoms with Crippen LogP contribution in [0.5, 0.6) is 5.75 Å². The van der Waals surface area contributed by atoms with E-state index in [4.69, 9.17) is 4.74 Å². The van der Waals surface area contributed by atoms with Crippen molar-refractivity contribution in [1.82, 2.24) is 15.2 Å². The van der Waals surface area contributed by atoms with Gasteiger partial charge in [-0.05, 0) is 45.0 Å². The lowest BCUT2D eigenvalue weighted by Crippen LogP contribution is -2.18.